The summed E-state index contributed by atoms with van der Waals surface area (Å²) in [4.78, 5) is 13.2. The quantitative estimate of drug-likeness (QED) is 0.624. The van der Waals surface area contributed by atoms with Crippen LogP contribution < -0.4 is 10.1 Å². The normalized spacial score (nSPS) is 12.0. The third-order valence-corrected chi connectivity index (χ3v) is 4.24. The van der Waals surface area contributed by atoms with Crippen LogP contribution in [0, 0.1) is 4.77 Å². The number of aromatic amines is 1. The van der Waals surface area contributed by atoms with Crippen molar-refractivity contribution in [2.45, 2.75) is 24.5 Å². The molecule has 0 saturated heterocycles. The summed E-state index contributed by atoms with van der Waals surface area (Å²) >= 11 is 6.67. The van der Waals surface area contributed by atoms with Crippen molar-refractivity contribution in [3.63, 3.8) is 0 Å². The molecule has 0 radical (unpaired) electrons. The largest absolute Gasteiger partial charge is 0.481 e. The lowest BCUT2D eigenvalue weighted by Crippen LogP contribution is -2.36. The van der Waals surface area contributed by atoms with Crippen LogP contribution in [0.1, 0.15) is 12.7 Å². The van der Waals surface area contributed by atoms with E-state index in [2.05, 4.69) is 15.5 Å². The van der Waals surface area contributed by atoms with Crippen LogP contribution in [0.2, 0.25) is 0 Å². The molecule has 0 fully saturated rings. The number of aromatic nitrogens is 3. The molecule has 1 atom stereocenters. The van der Waals surface area contributed by atoms with E-state index >= 15 is 0 Å². The van der Waals surface area contributed by atoms with E-state index in [-0.39, 0.29) is 5.91 Å². The van der Waals surface area contributed by atoms with Crippen molar-refractivity contribution in [1.82, 2.24) is 20.1 Å². The van der Waals surface area contributed by atoms with Crippen molar-refractivity contribution in [3.8, 4) is 5.75 Å². The molecule has 1 aromatic heterocycles. The smallest absolute Gasteiger partial charge is 0.261 e. The van der Waals surface area contributed by atoms with Gasteiger partial charge < -0.3 is 14.6 Å². The Kier molecular flexibility index (Phi) is 5.62. The lowest BCUT2D eigenvalue weighted by atomic mass is 10.3. The van der Waals surface area contributed by atoms with Gasteiger partial charge in [-0.05, 0) is 49.7 Å². The van der Waals surface area contributed by atoms with Crippen LogP contribution in [0.3, 0.4) is 0 Å². The van der Waals surface area contributed by atoms with E-state index in [9.17, 15) is 4.79 Å². The highest BCUT2D eigenvalue weighted by molar-refractivity contribution is 7.98. The molecule has 0 aliphatic heterocycles. The SMILES string of the molecule is CSc1ccc(O[C@H](C)C(=O)NCc2n[nH]c(=S)n2C)cc1. The maximum atomic E-state index is 12.0. The Balaban J connectivity index is 1.88. The summed E-state index contributed by atoms with van der Waals surface area (Å²) in [6.07, 6.45) is 1.42. The maximum absolute atomic E-state index is 12.0. The molecule has 0 bridgehead atoms. The minimum Gasteiger partial charge on any atom is -0.481 e. The van der Waals surface area contributed by atoms with E-state index in [4.69, 9.17) is 17.0 Å². The molecule has 22 heavy (non-hydrogen) atoms. The number of nitrogens with one attached hydrogen (secondary N) is 2. The molecule has 2 rings (SSSR count). The second kappa shape index (κ2) is 7.46. The van der Waals surface area contributed by atoms with Crippen LogP contribution >= 0.6 is 24.0 Å². The topological polar surface area (TPSA) is 71.9 Å². The third kappa shape index (κ3) is 4.11. The molecule has 0 saturated carbocycles. The van der Waals surface area contributed by atoms with Gasteiger partial charge in [0.05, 0.1) is 6.54 Å². The van der Waals surface area contributed by atoms with Crippen LogP contribution in [0.25, 0.3) is 0 Å². The fourth-order valence-corrected chi connectivity index (χ4v) is 2.32. The first-order valence-electron chi connectivity index (χ1n) is 6.70. The van der Waals surface area contributed by atoms with Crippen molar-refractivity contribution in [2.75, 3.05) is 6.26 Å². The standard InChI is InChI=1S/C14H18N4O2S2/c1-9(20-10-4-6-11(22-3)7-5-10)13(19)15-8-12-16-17-14(21)18(12)2/h4-7,9H,8H2,1-3H3,(H,15,19)(H,17,21)/t9-/m1/s1. The summed E-state index contributed by atoms with van der Waals surface area (Å²) in [6.45, 7) is 2.00. The number of nitrogens with zero attached hydrogens (tertiary/aromatic N) is 2. The number of carbonyl (C=O) groups excluding carboxylic acids is 1. The minimum absolute atomic E-state index is 0.206. The summed E-state index contributed by atoms with van der Waals surface area (Å²) in [7, 11) is 1.79. The van der Waals surface area contributed by atoms with Crippen LogP contribution in [-0.2, 0) is 18.4 Å². The van der Waals surface area contributed by atoms with Crippen molar-refractivity contribution < 1.29 is 9.53 Å². The maximum Gasteiger partial charge on any atom is 0.261 e. The summed E-state index contributed by atoms with van der Waals surface area (Å²) in [6, 6.07) is 7.62. The summed E-state index contributed by atoms with van der Waals surface area (Å²) in [5.41, 5.74) is 0. The van der Waals surface area contributed by atoms with Crippen molar-refractivity contribution in [3.05, 3.63) is 34.9 Å². The molecule has 0 aliphatic rings. The molecule has 2 aromatic rings. The molecule has 1 heterocycles. The number of hydrogen-bond acceptors (Lipinski definition) is 5. The first-order chi connectivity index (χ1) is 10.5. The molecule has 118 valence electrons. The molecule has 1 amide bonds. The van der Waals surface area contributed by atoms with Gasteiger partial charge in [-0.3, -0.25) is 9.89 Å². The van der Waals surface area contributed by atoms with Gasteiger partial charge in [-0.25, -0.2) is 0 Å². The number of rotatable bonds is 6. The number of ether oxygens (including phenoxy) is 1. The van der Waals surface area contributed by atoms with Gasteiger partial charge in [0.15, 0.2) is 16.7 Å². The highest BCUT2D eigenvalue weighted by Crippen LogP contribution is 2.19. The minimum atomic E-state index is -0.590. The lowest BCUT2D eigenvalue weighted by molar-refractivity contribution is -0.127. The number of H-pyrrole nitrogens is 1. The lowest BCUT2D eigenvalue weighted by Gasteiger charge is -2.14. The van der Waals surface area contributed by atoms with Crippen LogP contribution in [0.15, 0.2) is 29.2 Å². The number of thioether (sulfide) groups is 1. The molecule has 0 aliphatic carbocycles. The number of carbonyl (C=O) groups is 1. The Labute approximate surface area is 138 Å². The molecule has 2 N–H and O–H groups in total. The zero-order chi connectivity index (χ0) is 16.1. The van der Waals surface area contributed by atoms with Crippen LogP contribution in [0.5, 0.6) is 5.75 Å². The van der Waals surface area contributed by atoms with Gasteiger partial charge in [-0.1, -0.05) is 0 Å². The van der Waals surface area contributed by atoms with Crippen LogP contribution in [0.4, 0.5) is 0 Å². The van der Waals surface area contributed by atoms with Gasteiger partial charge in [0.2, 0.25) is 0 Å². The van der Waals surface area contributed by atoms with Gasteiger partial charge in [0, 0.05) is 11.9 Å². The third-order valence-electron chi connectivity index (χ3n) is 3.13. The van der Waals surface area contributed by atoms with Crippen LogP contribution in [-0.4, -0.2) is 33.0 Å². The van der Waals surface area contributed by atoms with E-state index in [1.807, 2.05) is 30.5 Å². The Bertz CT molecular complexity index is 694. The predicted octanol–water partition coefficient (Wildman–Crippen LogP) is 2.28. The van der Waals surface area contributed by atoms with Gasteiger partial charge >= 0.3 is 0 Å². The number of amides is 1. The molecule has 6 nitrogen and oxygen atoms in total. The second-order valence-corrected chi connectivity index (χ2v) is 5.92. The Morgan fingerprint density at radius 3 is 2.73 bits per heavy atom. The van der Waals surface area contributed by atoms with Crippen molar-refractivity contribution in [1.29, 1.82) is 0 Å². The van der Waals surface area contributed by atoms with E-state index in [1.165, 1.54) is 0 Å². The Hall–Kier alpha value is -1.80. The van der Waals surface area contributed by atoms with E-state index < -0.39 is 6.10 Å². The summed E-state index contributed by atoms with van der Waals surface area (Å²) < 4.78 is 7.85. The summed E-state index contributed by atoms with van der Waals surface area (Å²) in [5.74, 6) is 1.12. The molecule has 1 aromatic carbocycles. The molecule has 0 spiro atoms. The highest BCUT2D eigenvalue weighted by atomic mass is 32.2. The van der Waals surface area contributed by atoms with E-state index in [0.717, 1.165) is 4.90 Å². The molecular formula is C14H18N4O2S2. The average molecular weight is 338 g/mol. The predicted molar refractivity (Wildman–Crippen MR) is 88.6 cm³/mol. The zero-order valence-electron chi connectivity index (χ0n) is 12.6. The number of hydrogen-bond donors (Lipinski definition) is 2. The van der Waals surface area contributed by atoms with Gasteiger partial charge in [-0.15, -0.1) is 11.8 Å². The van der Waals surface area contributed by atoms with Gasteiger partial charge in [0.1, 0.15) is 5.75 Å². The average Bonchev–Trinajstić information content (AvgIpc) is 2.85. The molecule has 8 heteroatoms. The first-order valence-corrected chi connectivity index (χ1v) is 8.33. The van der Waals surface area contributed by atoms with Gasteiger partial charge in [0.25, 0.3) is 5.91 Å². The molecular weight excluding hydrogens is 320 g/mol. The fourth-order valence-electron chi connectivity index (χ4n) is 1.76. The second-order valence-electron chi connectivity index (χ2n) is 4.66. The van der Waals surface area contributed by atoms with E-state index in [1.54, 1.807) is 30.3 Å². The first kappa shape index (κ1) is 16.6. The van der Waals surface area contributed by atoms with Crippen molar-refractivity contribution >= 4 is 29.9 Å². The highest BCUT2D eigenvalue weighted by Gasteiger charge is 2.15. The Morgan fingerprint density at radius 2 is 2.18 bits per heavy atom. The van der Waals surface area contributed by atoms with Crippen molar-refractivity contribution in [2.24, 2.45) is 7.05 Å². The monoisotopic (exact) mass is 338 g/mol. The van der Waals surface area contributed by atoms with Gasteiger partial charge in [-0.2, -0.15) is 5.10 Å². The Morgan fingerprint density at radius 1 is 1.50 bits per heavy atom. The zero-order valence-corrected chi connectivity index (χ0v) is 14.3. The molecule has 0 unspecified atom stereocenters. The van der Waals surface area contributed by atoms with E-state index in [0.29, 0.717) is 22.9 Å². The summed E-state index contributed by atoms with van der Waals surface area (Å²) in [5, 5.41) is 9.49. The number of benzene rings is 1. The fraction of sp³-hybridized carbons (Fsp3) is 0.357.